The SMILES string of the molecule is CC(NCc1ccc2c(c1)ncn2C)c1cccc2ccccc12. The number of hydrogen-bond acceptors (Lipinski definition) is 2. The lowest BCUT2D eigenvalue weighted by Gasteiger charge is -2.17. The molecule has 0 saturated carbocycles. The number of fused-ring (bicyclic) bond motifs is 2. The summed E-state index contributed by atoms with van der Waals surface area (Å²) in [5.74, 6) is 0. The lowest BCUT2D eigenvalue weighted by molar-refractivity contribution is 0.578. The van der Waals surface area contributed by atoms with Gasteiger partial charge in [0, 0.05) is 19.6 Å². The van der Waals surface area contributed by atoms with Crippen molar-refractivity contribution >= 4 is 21.8 Å². The number of imidazole rings is 1. The van der Waals surface area contributed by atoms with Gasteiger partial charge < -0.3 is 9.88 Å². The Morgan fingerprint density at radius 3 is 2.79 bits per heavy atom. The second kappa shape index (κ2) is 6.10. The van der Waals surface area contributed by atoms with Crippen LogP contribution in [0.5, 0.6) is 0 Å². The van der Waals surface area contributed by atoms with Crippen LogP contribution < -0.4 is 5.32 Å². The first-order valence-electron chi connectivity index (χ1n) is 8.33. The number of benzene rings is 3. The van der Waals surface area contributed by atoms with Crippen LogP contribution in [0.2, 0.25) is 0 Å². The maximum absolute atomic E-state index is 4.44. The van der Waals surface area contributed by atoms with E-state index in [2.05, 4.69) is 77.9 Å². The third-order valence-corrected chi connectivity index (χ3v) is 4.69. The van der Waals surface area contributed by atoms with Gasteiger partial charge in [-0.1, -0.05) is 48.5 Å². The highest BCUT2D eigenvalue weighted by molar-refractivity contribution is 5.86. The Kier molecular flexibility index (Phi) is 3.79. The molecule has 0 aliphatic rings. The summed E-state index contributed by atoms with van der Waals surface area (Å²) >= 11 is 0. The third kappa shape index (κ3) is 2.68. The van der Waals surface area contributed by atoms with Gasteiger partial charge in [-0.2, -0.15) is 0 Å². The van der Waals surface area contributed by atoms with Crippen molar-refractivity contribution in [1.29, 1.82) is 0 Å². The Morgan fingerprint density at radius 2 is 1.88 bits per heavy atom. The van der Waals surface area contributed by atoms with Crippen molar-refractivity contribution in [3.8, 4) is 0 Å². The Labute approximate surface area is 142 Å². The summed E-state index contributed by atoms with van der Waals surface area (Å²) in [6, 6.07) is 21.8. The van der Waals surface area contributed by atoms with E-state index < -0.39 is 0 Å². The lowest BCUT2D eigenvalue weighted by Crippen LogP contribution is -2.18. The molecule has 0 aliphatic heterocycles. The van der Waals surface area contributed by atoms with Gasteiger partial charge in [-0.3, -0.25) is 0 Å². The molecule has 1 heterocycles. The van der Waals surface area contributed by atoms with Crippen molar-refractivity contribution in [2.75, 3.05) is 0 Å². The Bertz CT molecular complexity index is 995. The van der Waals surface area contributed by atoms with E-state index in [1.165, 1.54) is 27.4 Å². The van der Waals surface area contributed by atoms with Crippen molar-refractivity contribution in [2.45, 2.75) is 19.5 Å². The van der Waals surface area contributed by atoms with Gasteiger partial charge in [0.2, 0.25) is 0 Å². The standard InChI is InChI=1S/C21H21N3/c1-15(18-9-5-7-17-6-3-4-8-19(17)18)22-13-16-10-11-21-20(12-16)23-14-24(21)2/h3-12,14-15,22H,13H2,1-2H3. The molecule has 24 heavy (non-hydrogen) atoms. The Morgan fingerprint density at radius 1 is 1.04 bits per heavy atom. The molecule has 120 valence electrons. The maximum atomic E-state index is 4.44. The van der Waals surface area contributed by atoms with Crippen LogP contribution in [-0.4, -0.2) is 9.55 Å². The highest BCUT2D eigenvalue weighted by Gasteiger charge is 2.09. The summed E-state index contributed by atoms with van der Waals surface area (Å²) in [6.07, 6.45) is 1.86. The van der Waals surface area contributed by atoms with Crippen LogP contribution in [0, 0.1) is 0 Å². The summed E-state index contributed by atoms with van der Waals surface area (Å²) in [5, 5.41) is 6.25. The molecule has 0 bridgehead atoms. The van der Waals surface area contributed by atoms with Crippen molar-refractivity contribution in [1.82, 2.24) is 14.9 Å². The highest BCUT2D eigenvalue weighted by atomic mass is 15.0. The van der Waals surface area contributed by atoms with Gasteiger partial charge in [0.25, 0.3) is 0 Å². The second-order valence-electron chi connectivity index (χ2n) is 6.35. The number of nitrogens with zero attached hydrogens (tertiary/aromatic N) is 2. The largest absolute Gasteiger partial charge is 0.334 e. The summed E-state index contributed by atoms with van der Waals surface area (Å²) in [4.78, 5) is 4.44. The smallest absolute Gasteiger partial charge is 0.0955 e. The summed E-state index contributed by atoms with van der Waals surface area (Å²) in [7, 11) is 2.02. The van der Waals surface area contributed by atoms with E-state index >= 15 is 0 Å². The molecule has 0 amide bonds. The second-order valence-corrected chi connectivity index (χ2v) is 6.35. The molecule has 4 rings (SSSR count). The molecule has 1 atom stereocenters. The van der Waals surface area contributed by atoms with E-state index in [9.17, 15) is 0 Å². The molecule has 1 N–H and O–H groups in total. The molecule has 3 aromatic carbocycles. The zero-order valence-corrected chi connectivity index (χ0v) is 14.0. The van der Waals surface area contributed by atoms with Gasteiger partial charge >= 0.3 is 0 Å². The first-order valence-corrected chi connectivity index (χ1v) is 8.33. The van der Waals surface area contributed by atoms with Crippen LogP contribution in [0.25, 0.3) is 21.8 Å². The van der Waals surface area contributed by atoms with Crippen LogP contribution in [0.3, 0.4) is 0 Å². The van der Waals surface area contributed by atoms with Crippen molar-refractivity contribution < 1.29 is 0 Å². The quantitative estimate of drug-likeness (QED) is 0.597. The van der Waals surface area contributed by atoms with E-state index in [0.29, 0.717) is 0 Å². The van der Waals surface area contributed by atoms with Gasteiger partial charge in [-0.25, -0.2) is 4.98 Å². The van der Waals surface area contributed by atoms with E-state index in [-0.39, 0.29) is 6.04 Å². The van der Waals surface area contributed by atoms with Gasteiger partial charge in [-0.05, 0) is 41.0 Å². The van der Waals surface area contributed by atoms with E-state index in [0.717, 1.165) is 12.1 Å². The molecular formula is C21H21N3. The normalized spacial score (nSPS) is 12.8. The fourth-order valence-corrected chi connectivity index (χ4v) is 3.30. The van der Waals surface area contributed by atoms with Crippen molar-refractivity contribution in [3.63, 3.8) is 0 Å². The van der Waals surface area contributed by atoms with Gasteiger partial charge in [-0.15, -0.1) is 0 Å². The summed E-state index contributed by atoms with van der Waals surface area (Å²) in [5.41, 5.74) is 4.82. The number of rotatable bonds is 4. The highest BCUT2D eigenvalue weighted by Crippen LogP contribution is 2.24. The van der Waals surface area contributed by atoms with Crippen molar-refractivity contribution in [2.24, 2.45) is 7.05 Å². The lowest BCUT2D eigenvalue weighted by atomic mass is 9.99. The average molecular weight is 315 g/mol. The predicted octanol–water partition coefficient (Wildman–Crippen LogP) is 4.58. The van der Waals surface area contributed by atoms with Crippen LogP contribution in [0.15, 0.2) is 67.0 Å². The van der Waals surface area contributed by atoms with Gasteiger partial charge in [0.1, 0.15) is 0 Å². The number of aryl methyl sites for hydroxylation is 1. The molecule has 0 spiro atoms. The Hall–Kier alpha value is -2.65. The van der Waals surface area contributed by atoms with Gasteiger partial charge in [0.05, 0.1) is 17.4 Å². The van der Waals surface area contributed by atoms with E-state index in [1.807, 2.05) is 17.9 Å². The number of hydrogen-bond donors (Lipinski definition) is 1. The van der Waals surface area contributed by atoms with Crippen LogP contribution >= 0.6 is 0 Å². The molecular weight excluding hydrogens is 294 g/mol. The minimum Gasteiger partial charge on any atom is -0.334 e. The third-order valence-electron chi connectivity index (χ3n) is 4.69. The van der Waals surface area contributed by atoms with Crippen molar-refractivity contribution in [3.05, 3.63) is 78.1 Å². The fourth-order valence-electron chi connectivity index (χ4n) is 3.30. The number of aromatic nitrogens is 2. The molecule has 3 nitrogen and oxygen atoms in total. The zero-order chi connectivity index (χ0) is 16.5. The van der Waals surface area contributed by atoms with E-state index in [1.54, 1.807) is 0 Å². The molecule has 0 saturated heterocycles. The molecule has 3 heteroatoms. The predicted molar refractivity (Wildman–Crippen MR) is 99.9 cm³/mol. The first-order chi connectivity index (χ1) is 11.7. The molecule has 0 radical (unpaired) electrons. The minimum absolute atomic E-state index is 0.288. The molecule has 1 aromatic heterocycles. The summed E-state index contributed by atoms with van der Waals surface area (Å²) in [6.45, 7) is 3.05. The molecule has 4 aromatic rings. The van der Waals surface area contributed by atoms with E-state index in [4.69, 9.17) is 0 Å². The summed E-state index contributed by atoms with van der Waals surface area (Å²) < 4.78 is 2.05. The zero-order valence-electron chi connectivity index (χ0n) is 14.0. The monoisotopic (exact) mass is 315 g/mol. The first kappa shape index (κ1) is 14.9. The minimum atomic E-state index is 0.288. The topological polar surface area (TPSA) is 29.9 Å². The van der Waals surface area contributed by atoms with Crippen LogP contribution in [-0.2, 0) is 13.6 Å². The van der Waals surface area contributed by atoms with Crippen LogP contribution in [0.4, 0.5) is 0 Å². The average Bonchev–Trinajstić information content (AvgIpc) is 2.99. The molecule has 0 aliphatic carbocycles. The van der Waals surface area contributed by atoms with Crippen LogP contribution in [0.1, 0.15) is 24.1 Å². The number of nitrogens with one attached hydrogen (secondary N) is 1. The fraction of sp³-hybridized carbons (Fsp3) is 0.190. The molecule has 0 fully saturated rings. The molecule has 1 unspecified atom stereocenters. The maximum Gasteiger partial charge on any atom is 0.0955 e. The van der Waals surface area contributed by atoms with Gasteiger partial charge in [0.15, 0.2) is 0 Å². The Balaban J connectivity index is 1.55.